The first-order valence-electron chi connectivity index (χ1n) is 5.27. The Morgan fingerprint density at radius 2 is 1.71 bits per heavy atom. The van der Waals surface area contributed by atoms with Gasteiger partial charge in [-0.3, -0.25) is 0 Å². The molecule has 0 N–H and O–H groups in total. The maximum atomic E-state index is 4.40. The van der Waals surface area contributed by atoms with Crippen LogP contribution >= 0.6 is 15.9 Å². The summed E-state index contributed by atoms with van der Waals surface area (Å²) in [5.41, 5.74) is 2.69. The molecule has 2 aromatic heterocycles. The fraction of sp³-hybridized carbons (Fsp3) is 0.333. The molecule has 2 rings (SSSR count). The number of nitrogens with zero attached hydrogens (tertiary/aromatic N) is 4. The van der Waals surface area contributed by atoms with E-state index in [1.54, 1.807) is 12.4 Å². The zero-order valence-corrected chi connectivity index (χ0v) is 11.6. The number of hydrogen-bond donors (Lipinski definition) is 0. The van der Waals surface area contributed by atoms with Crippen molar-refractivity contribution in [2.75, 3.05) is 0 Å². The van der Waals surface area contributed by atoms with Crippen molar-refractivity contribution in [2.24, 2.45) is 0 Å². The zero-order chi connectivity index (χ0) is 12.5. The Morgan fingerprint density at radius 1 is 1.06 bits per heavy atom. The molecule has 0 atom stereocenters. The monoisotopic (exact) mass is 292 g/mol. The first-order valence-corrected chi connectivity index (χ1v) is 6.06. The number of aromatic nitrogens is 4. The Kier molecular flexibility index (Phi) is 3.19. The van der Waals surface area contributed by atoms with Crippen molar-refractivity contribution in [3.05, 3.63) is 35.2 Å². The highest BCUT2D eigenvalue weighted by molar-refractivity contribution is 9.10. The third-order valence-electron chi connectivity index (χ3n) is 2.32. The summed E-state index contributed by atoms with van der Waals surface area (Å²) in [4.78, 5) is 16.7. The number of hydrogen-bond acceptors (Lipinski definition) is 4. The summed E-state index contributed by atoms with van der Waals surface area (Å²) in [5, 5.41) is 0. The second kappa shape index (κ2) is 4.49. The Bertz CT molecular complexity index is 520. The molecule has 5 heteroatoms. The molecule has 0 unspecified atom stereocenters. The van der Waals surface area contributed by atoms with Gasteiger partial charge in [0.1, 0.15) is 6.33 Å². The summed E-state index contributed by atoms with van der Waals surface area (Å²) in [6.45, 7) is 6.35. The molecule has 0 radical (unpaired) electrons. The molecule has 0 saturated carbocycles. The lowest BCUT2D eigenvalue weighted by Crippen LogP contribution is -2.14. The summed E-state index contributed by atoms with van der Waals surface area (Å²) in [7, 11) is 0. The molecule has 0 bridgehead atoms. The fourth-order valence-corrected chi connectivity index (χ4v) is 1.76. The molecule has 2 heterocycles. The van der Waals surface area contributed by atoms with Crippen molar-refractivity contribution in [3.8, 4) is 11.3 Å². The molecule has 88 valence electrons. The van der Waals surface area contributed by atoms with Crippen molar-refractivity contribution in [2.45, 2.75) is 26.2 Å². The van der Waals surface area contributed by atoms with E-state index in [-0.39, 0.29) is 5.41 Å². The number of halogens is 1. The first kappa shape index (κ1) is 12.1. The summed E-state index contributed by atoms with van der Waals surface area (Å²) < 4.78 is 0.587. The molecule has 4 nitrogen and oxygen atoms in total. The van der Waals surface area contributed by atoms with Crippen LogP contribution in [0.3, 0.4) is 0 Å². The van der Waals surface area contributed by atoms with E-state index >= 15 is 0 Å². The molecule has 0 aromatic carbocycles. The highest BCUT2D eigenvalue weighted by atomic mass is 79.9. The summed E-state index contributed by atoms with van der Waals surface area (Å²) >= 11 is 3.34. The minimum Gasteiger partial charge on any atom is -0.244 e. The molecule has 0 spiro atoms. The minimum atomic E-state index is -0.0180. The quantitative estimate of drug-likeness (QED) is 0.758. The molecular weight excluding hydrogens is 280 g/mol. The van der Waals surface area contributed by atoms with Gasteiger partial charge in [-0.2, -0.15) is 0 Å². The van der Waals surface area contributed by atoms with Crippen molar-refractivity contribution in [1.29, 1.82) is 0 Å². The van der Waals surface area contributed by atoms with Crippen molar-refractivity contribution in [1.82, 2.24) is 19.9 Å². The lowest BCUT2D eigenvalue weighted by molar-refractivity contribution is 0.565. The molecular formula is C12H13BrN4. The van der Waals surface area contributed by atoms with Gasteiger partial charge >= 0.3 is 0 Å². The van der Waals surface area contributed by atoms with Gasteiger partial charge in [0.15, 0.2) is 4.73 Å². The van der Waals surface area contributed by atoms with E-state index in [0.29, 0.717) is 4.73 Å². The van der Waals surface area contributed by atoms with Gasteiger partial charge in [-0.1, -0.05) is 20.8 Å². The van der Waals surface area contributed by atoms with E-state index in [0.717, 1.165) is 17.0 Å². The first-order chi connectivity index (χ1) is 7.97. The average molecular weight is 293 g/mol. The predicted molar refractivity (Wildman–Crippen MR) is 69.5 cm³/mol. The standard InChI is InChI=1S/C12H13BrN4/c1-12(2,3)10-4-9(16-11(13)17-10)8-5-14-7-15-6-8/h4-7H,1-3H3. The lowest BCUT2D eigenvalue weighted by Gasteiger charge is -2.18. The summed E-state index contributed by atoms with van der Waals surface area (Å²) in [5.74, 6) is 0. The Balaban J connectivity index is 2.54. The lowest BCUT2D eigenvalue weighted by atomic mass is 9.91. The van der Waals surface area contributed by atoms with Gasteiger partial charge in [0.05, 0.1) is 11.4 Å². The van der Waals surface area contributed by atoms with Crippen molar-refractivity contribution >= 4 is 15.9 Å². The summed E-state index contributed by atoms with van der Waals surface area (Å²) in [6.07, 6.45) is 4.99. The molecule has 0 amide bonds. The molecule has 0 saturated heterocycles. The fourth-order valence-electron chi connectivity index (χ4n) is 1.38. The maximum absolute atomic E-state index is 4.40. The summed E-state index contributed by atoms with van der Waals surface area (Å²) in [6, 6.07) is 1.98. The van der Waals surface area contributed by atoms with E-state index in [4.69, 9.17) is 0 Å². The third kappa shape index (κ3) is 2.85. The van der Waals surface area contributed by atoms with Crippen LogP contribution in [0.1, 0.15) is 26.5 Å². The maximum Gasteiger partial charge on any atom is 0.197 e. The molecule has 0 aliphatic carbocycles. The van der Waals surface area contributed by atoms with Gasteiger partial charge in [-0.25, -0.2) is 19.9 Å². The van der Waals surface area contributed by atoms with Crippen LogP contribution in [-0.4, -0.2) is 19.9 Å². The largest absolute Gasteiger partial charge is 0.244 e. The van der Waals surface area contributed by atoms with Gasteiger partial charge in [0.2, 0.25) is 0 Å². The van der Waals surface area contributed by atoms with Gasteiger partial charge in [0.25, 0.3) is 0 Å². The van der Waals surface area contributed by atoms with Gasteiger partial charge in [0, 0.05) is 23.4 Å². The second-order valence-corrected chi connectivity index (χ2v) is 5.49. The van der Waals surface area contributed by atoms with Gasteiger partial charge < -0.3 is 0 Å². The topological polar surface area (TPSA) is 51.6 Å². The van der Waals surface area contributed by atoms with Crippen LogP contribution in [-0.2, 0) is 5.41 Å². The predicted octanol–water partition coefficient (Wildman–Crippen LogP) is 2.99. The van der Waals surface area contributed by atoms with Crippen LogP contribution in [0.5, 0.6) is 0 Å². The Morgan fingerprint density at radius 3 is 2.29 bits per heavy atom. The second-order valence-electron chi connectivity index (χ2n) is 4.78. The average Bonchev–Trinajstić information content (AvgIpc) is 2.28. The van der Waals surface area contributed by atoms with Crippen LogP contribution in [0, 0.1) is 0 Å². The van der Waals surface area contributed by atoms with Crippen molar-refractivity contribution in [3.63, 3.8) is 0 Å². The van der Waals surface area contributed by atoms with Gasteiger partial charge in [-0.15, -0.1) is 0 Å². The van der Waals surface area contributed by atoms with E-state index in [9.17, 15) is 0 Å². The van der Waals surface area contributed by atoms with Crippen LogP contribution in [0.2, 0.25) is 0 Å². The molecule has 2 aromatic rings. The smallest absolute Gasteiger partial charge is 0.197 e. The normalized spacial score (nSPS) is 11.5. The molecule has 0 fully saturated rings. The molecule has 17 heavy (non-hydrogen) atoms. The van der Waals surface area contributed by atoms with E-state index < -0.39 is 0 Å². The van der Waals surface area contributed by atoms with Gasteiger partial charge in [-0.05, 0) is 22.0 Å². The minimum absolute atomic E-state index is 0.0180. The van der Waals surface area contributed by atoms with Crippen LogP contribution in [0.15, 0.2) is 29.5 Å². The molecule has 0 aliphatic heterocycles. The van der Waals surface area contributed by atoms with Crippen LogP contribution in [0.25, 0.3) is 11.3 Å². The van der Waals surface area contributed by atoms with E-state index in [2.05, 4.69) is 56.6 Å². The highest BCUT2D eigenvalue weighted by Gasteiger charge is 2.17. The molecule has 0 aliphatic rings. The van der Waals surface area contributed by atoms with E-state index in [1.807, 2.05) is 6.07 Å². The van der Waals surface area contributed by atoms with Crippen molar-refractivity contribution < 1.29 is 0 Å². The van der Waals surface area contributed by atoms with Crippen LogP contribution in [0.4, 0.5) is 0 Å². The zero-order valence-electron chi connectivity index (χ0n) is 9.98. The Hall–Kier alpha value is -1.36. The SMILES string of the molecule is CC(C)(C)c1cc(-c2cncnc2)nc(Br)n1. The van der Waals surface area contributed by atoms with Crippen LogP contribution < -0.4 is 0 Å². The van der Waals surface area contributed by atoms with E-state index in [1.165, 1.54) is 6.33 Å². The number of rotatable bonds is 1. The third-order valence-corrected chi connectivity index (χ3v) is 2.68. The highest BCUT2D eigenvalue weighted by Crippen LogP contribution is 2.25. The Labute approximate surface area is 109 Å².